The van der Waals surface area contributed by atoms with Crippen molar-refractivity contribution in [1.82, 2.24) is 4.31 Å². The van der Waals surface area contributed by atoms with Crippen molar-refractivity contribution in [3.05, 3.63) is 29.8 Å². The highest BCUT2D eigenvalue weighted by Crippen LogP contribution is 2.24. The number of hydrogen-bond donors (Lipinski definition) is 1. The van der Waals surface area contributed by atoms with Crippen LogP contribution in [0.4, 0.5) is 8.78 Å². The molecule has 18 heavy (non-hydrogen) atoms. The van der Waals surface area contributed by atoms with Crippen LogP contribution in [0.3, 0.4) is 0 Å². The van der Waals surface area contributed by atoms with Gasteiger partial charge in [-0.2, -0.15) is 4.31 Å². The van der Waals surface area contributed by atoms with Crippen molar-refractivity contribution in [2.75, 3.05) is 13.1 Å². The first kappa shape index (κ1) is 13.4. The van der Waals surface area contributed by atoms with Gasteiger partial charge >= 0.3 is 0 Å². The smallest absolute Gasteiger partial charge is 0.248 e. The number of nitrogens with two attached hydrogens (primary N) is 1. The van der Waals surface area contributed by atoms with Gasteiger partial charge in [0.15, 0.2) is 4.90 Å². The van der Waals surface area contributed by atoms with E-state index < -0.39 is 26.6 Å². The van der Waals surface area contributed by atoms with Crippen molar-refractivity contribution in [3.8, 4) is 0 Å². The molecule has 0 bridgehead atoms. The number of benzene rings is 1. The third kappa shape index (κ3) is 2.38. The number of hydrogen-bond acceptors (Lipinski definition) is 3. The van der Waals surface area contributed by atoms with Gasteiger partial charge in [-0.1, -0.05) is 6.07 Å². The monoisotopic (exact) mass is 276 g/mol. The molecule has 1 heterocycles. The van der Waals surface area contributed by atoms with Crippen LogP contribution in [0.15, 0.2) is 23.1 Å². The zero-order valence-electron chi connectivity index (χ0n) is 9.64. The molecule has 1 aliphatic heterocycles. The molecule has 1 unspecified atom stereocenters. The van der Waals surface area contributed by atoms with Crippen molar-refractivity contribution < 1.29 is 17.2 Å². The van der Waals surface area contributed by atoms with E-state index in [0.717, 1.165) is 22.5 Å². The summed E-state index contributed by atoms with van der Waals surface area (Å²) >= 11 is 0. The first-order valence-electron chi connectivity index (χ1n) is 5.62. The minimum Gasteiger partial charge on any atom is -0.327 e. The summed E-state index contributed by atoms with van der Waals surface area (Å²) in [6.07, 6.45) is 1.31. The molecule has 0 aliphatic carbocycles. The maximum Gasteiger partial charge on any atom is 0.248 e. The van der Waals surface area contributed by atoms with E-state index in [-0.39, 0.29) is 19.1 Å². The molecule has 1 fully saturated rings. The molecule has 7 heteroatoms. The molecule has 0 aromatic heterocycles. The Hall–Kier alpha value is -1.05. The molecule has 1 aromatic carbocycles. The van der Waals surface area contributed by atoms with E-state index in [0.29, 0.717) is 12.8 Å². The fourth-order valence-electron chi connectivity index (χ4n) is 2.05. The van der Waals surface area contributed by atoms with Crippen molar-refractivity contribution in [2.45, 2.75) is 23.8 Å². The van der Waals surface area contributed by atoms with Crippen LogP contribution in [0.25, 0.3) is 0 Å². The first-order chi connectivity index (χ1) is 8.43. The van der Waals surface area contributed by atoms with E-state index in [1.807, 2.05) is 0 Å². The largest absolute Gasteiger partial charge is 0.327 e. The van der Waals surface area contributed by atoms with Crippen LogP contribution in [0.5, 0.6) is 0 Å². The molecule has 1 aromatic rings. The van der Waals surface area contributed by atoms with Gasteiger partial charge in [-0.3, -0.25) is 0 Å². The summed E-state index contributed by atoms with van der Waals surface area (Å²) < 4.78 is 52.4. The minimum atomic E-state index is -4.15. The predicted octanol–water partition coefficient (Wildman–Crippen LogP) is 1.08. The van der Waals surface area contributed by atoms with Crippen molar-refractivity contribution in [3.63, 3.8) is 0 Å². The fourth-order valence-corrected chi connectivity index (χ4v) is 3.69. The normalized spacial score (nSPS) is 22.1. The quantitative estimate of drug-likeness (QED) is 0.879. The van der Waals surface area contributed by atoms with Crippen LogP contribution in [0, 0.1) is 11.6 Å². The van der Waals surface area contributed by atoms with E-state index >= 15 is 0 Å². The van der Waals surface area contributed by atoms with Gasteiger partial charge in [-0.25, -0.2) is 17.2 Å². The van der Waals surface area contributed by atoms with Crippen molar-refractivity contribution >= 4 is 10.0 Å². The summed E-state index contributed by atoms with van der Waals surface area (Å²) in [5.41, 5.74) is 5.68. The van der Waals surface area contributed by atoms with Crippen LogP contribution in [-0.4, -0.2) is 31.9 Å². The third-order valence-corrected chi connectivity index (χ3v) is 4.85. The number of nitrogens with zero attached hydrogens (tertiary/aromatic N) is 1. The third-order valence-electron chi connectivity index (χ3n) is 2.94. The van der Waals surface area contributed by atoms with Gasteiger partial charge in [0.05, 0.1) is 0 Å². The zero-order valence-corrected chi connectivity index (χ0v) is 10.5. The lowest BCUT2D eigenvalue weighted by Crippen LogP contribution is -2.46. The van der Waals surface area contributed by atoms with Gasteiger partial charge in [0.25, 0.3) is 0 Å². The number of piperidine rings is 1. The SMILES string of the molecule is NC1CCCN(S(=O)(=O)c2c(F)cccc2F)C1. The lowest BCUT2D eigenvalue weighted by Gasteiger charge is -2.29. The first-order valence-corrected chi connectivity index (χ1v) is 7.06. The van der Waals surface area contributed by atoms with Crippen LogP contribution in [-0.2, 0) is 10.0 Å². The Labute approximate surface area is 104 Å². The maximum absolute atomic E-state index is 13.5. The Balaban J connectivity index is 2.42. The van der Waals surface area contributed by atoms with Crippen LogP contribution in [0.2, 0.25) is 0 Å². The number of sulfonamides is 1. The molecule has 2 N–H and O–H groups in total. The summed E-state index contributed by atoms with van der Waals surface area (Å²) in [4.78, 5) is -0.890. The molecule has 0 saturated carbocycles. The molecule has 0 spiro atoms. The van der Waals surface area contributed by atoms with Crippen LogP contribution < -0.4 is 5.73 Å². The maximum atomic E-state index is 13.5. The summed E-state index contributed by atoms with van der Waals surface area (Å²) in [6, 6.07) is 2.70. The van der Waals surface area contributed by atoms with Gasteiger partial charge < -0.3 is 5.73 Å². The Morgan fingerprint density at radius 2 is 1.89 bits per heavy atom. The topological polar surface area (TPSA) is 63.4 Å². The Bertz CT molecular complexity index is 528. The predicted molar refractivity (Wildman–Crippen MR) is 62.3 cm³/mol. The summed E-state index contributed by atoms with van der Waals surface area (Å²) in [6.45, 7) is 0.333. The summed E-state index contributed by atoms with van der Waals surface area (Å²) in [5, 5.41) is 0. The fraction of sp³-hybridized carbons (Fsp3) is 0.455. The van der Waals surface area contributed by atoms with Gasteiger partial charge in [-0.15, -0.1) is 0 Å². The molecular weight excluding hydrogens is 262 g/mol. The van der Waals surface area contributed by atoms with Gasteiger partial charge in [0.2, 0.25) is 10.0 Å². The van der Waals surface area contributed by atoms with E-state index in [4.69, 9.17) is 5.73 Å². The molecule has 2 rings (SSSR count). The van der Waals surface area contributed by atoms with E-state index in [2.05, 4.69) is 0 Å². The molecule has 1 saturated heterocycles. The minimum absolute atomic E-state index is 0.0934. The second kappa shape index (κ2) is 4.91. The van der Waals surface area contributed by atoms with Crippen LogP contribution >= 0.6 is 0 Å². The Morgan fingerprint density at radius 3 is 2.44 bits per heavy atom. The van der Waals surface area contributed by atoms with Gasteiger partial charge in [0, 0.05) is 19.1 Å². The van der Waals surface area contributed by atoms with E-state index in [9.17, 15) is 17.2 Å². The second-order valence-corrected chi connectivity index (χ2v) is 6.19. The summed E-state index contributed by atoms with van der Waals surface area (Å²) in [7, 11) is -4.15. The van der Waals surface area contributed by atoms with Crippen LogP contribution in [0.1, 0.15) is 12.8 Å². The van der Waals surface area contributed by atoms with Crippen molar-refractivity contribution in [2.24, 2.45) is 5.73 Å². The molecule has 1 atom stereocenters. The highest BCUT2D eigenvalue weighted by Gasteiger charge is 2.33. The molecule has 4 nitrogen and oxygen atoms in total. The standard InChI is InChI=1S/C11H14F2N2O2S/c12-9-4-1-5-10(13)11(9)18(16,17)15-6-2-3-8(14)7-15/h1,4-5,8H,2-3,6-7,14H2. The molecule has 1 aliphatic rings. The van der Waals surface area contributed by atoms with Gasteiger partial charge in [0.1, 0.15) is 11.6 Å². The molecule has 0 radical (unpaired) electrons. The van der Waals surface area contributed by atoms with E-state index in [1.54, 1.807) is 0 Å². The molecule has 0 amide bonds. The zero-order chi connectivity index (χ0) is 13.3. The number of rotatable bonds is 2. The highest BCUT2D eigenvalue weighted by molar-refractivity contribution is 7.89. The average molecular weight is 276 g/mol. The highest BCUT2D eigenvalue weighted by atomic mass is 32.2. The van der Waals surface area contributed by atoms with Crippen molar-refractivity contribution in [1.29, 1.82) is 0 Å². The average Bonchev–Trinajstić information content (AvgIpc) is 2.28. The second-order valence-electron chi connectivity index (χ2n) is 4.32. The lowest BCUT2D eigenvalue weighted by molar-refractivity contribution is 0.313. The molecular formula is C11H14F2N2O2S. The number of halogens is 2. The Kier molecular flexibility index (Phi) is 3.65. The molecule has 100 valence electrons. The van der Waals surface area contributed by atoms with E-state index in [1.165, 1.54) is 0 Å². The lowest BCUT2D eigenvalue weighted by atomic mass is 10.1. The summed E-state index contributed by atoms with van der Waals surface area (Å²) in [5.74, 6) is -2.15. The van der Waals surface area contributed by atoms with Gasteiger partial charge in [-0.05, 0) is 25.0 Å². The Morgan fingerprint density at radius 1 is 1.28 bits per heavy atom.